The summed E-state index contributed by atoms with van der Waals surface area (Å²) < 4.78 is 14.9. The molecular weight excluding hydrogens is 437 g/mol. The summed E-state index contributed by atoms with van der Waals surface area (Å²) in [6, 6.07) is 11.2. The average Bonchev–Trinajstić information content (AvgIpc) is 3.53. The molecule has 2 fully saturated rings. The van der Waals surface area contributed by atoms with Gasteiger partial charge in [0.2, 0.25) is 0 Å². The highest BCUT2D eigenvalue weighted by molar-refractivity contribution is 7.15. The number of aromatic amines is 1. The number of nitrogens with zero attached hydrogens (tertiary/aromatic N) is 3. The second-order valence-corrected chi connectivity index (χ2v) is 10.3. The van der Waals surface area contributed by atoms with Gasteiger partial charge in [-0.15, -0.1) is 11.3 Å². The van der Waals surface area contributed by atoms with Crippen LogP contribution in [0.15, 0.2) is 42.7 Å². The second kappa shape index (κ2) is 7.99. The molecule has 0 amide bonds. The molecule has 33 heavy (non-hydrogen) atoms. The van der Waals surface area contributed by atoms with Crippen molar-refractivity contribution in [2.45, 2.75) is 38.0 Å². The van der Waals surface area contributed by atoms with Crippen molar-refractivity contribution < 1.29 is 9.50 Å². The largest absolute Gasteiger partial charge is 0.380 e. The molecule has 0 radical (unpaired) electrons. The van der Waals surface area contributed by atoms with Gasteiger partial charge >= 0.3 is 0 Å². The summed E-state index contributed by atoms with van der Waals surface area (Å²) in [4.78, 5) is 15.2. The van der Waals surface area contributed by atoms with E-state index in [-0.39, 0.29) is 0 Å². The number of hydrogen-bond acceptors (Lipinski definition) is 6. The monoisotopic (exact) mass is 463 g/mol. The molecule has 6 nitrogen and oxygen atoms in total. The van der Waals surface area contributed by atoms with Crippen LogP contribution in [0.1, 0.15) is 30.3 Å². The Morgan fingerprint density at radius 1 is 1.21 bits per heavy atom. The van der Waals surface area contributed by atoms with Gasteiger partial charge in [0.1, 0.15) is 16.3 Å². The van der Waals surface area contributed by atoms with Gasteiger partial charge in [0, 0.05) is 48.5 Å². The van der Waals surface area contributed by atoms with Crippen molar-refractivity contribution in [2.24, 2.45) is 0 Å². The quantitative estimate of drug-likeness (QED) is 0.412. The van der Waals surface area contributed by atoms with Gasteiger partial charge in [0.05, 0.1) is 11.1 Å². The number of likely N-dealkylation sites (tertiary alicyclic amines) is 1. The van der Waals surface area contributed by atoms with Crippen molar-refractivity contribution in [2.75, 3.05) is 19.6 Å². The van der Waals surface area contributed by atoms with Gasteiger partial charge in [-0.3, -0.25) is 4.90 Å². The fourth-order valence-electron chi connectivity index (χ4n) is 4.83. The van der Waals surface area contributed by atoms with Crippen LogP contribution in [0.4, 0.5) is 4.39 Å². The minimum atomic E-state index is -0.955. The molecule has 5 heterocycles. The van der Waals surface area contributed by atoms with Crippen LogP contribution in [-0.4, -0.2) is 50.6 Å². The van der Waals surface area contributed by atoms with Crippen LogP contribution >= 0.6 is 11.3 Å². The molecule has 8 heteroatoms. The number of benzene rings is 1. The Labute approximate surface area is 195 Å². The highest BCUT2D eigenvalue weighted by atomic mass is 32.1. The van der Waals surface area contributed by atoms with Gasteiger partial charge in [0.15, 0.2) is 5.82 Å². The maximum atomic E-state index is 14.9. The van der Waals surface area contributed by atoms with E-state index in [1.54, 1.807) is 6.20 Å². The fraction of sp³-hybridized carbons (Fsp3) is 0.360. The molecule has 2 aliphatic rings. The number of aromatic nitrogens is 3. The van der Waals surface area contributed by atoms with E-state index in [2.05, 4.69) is 56.4 Å². The Kier molecular flexibility index (Phi) is 5.06. The molecule has 4 aromatic rings. The summed E-state index contributed by atoms with van der Waals surface area (Å²) >= 11 is 1.33. The first-order valence-corrected chi connectivity index (χ1v) is 12.2. The van der Waals surface area contributed by atoms with Gasteiger partial charge in [-0.1, -0.05) is 24.3 Å². The number of β-amino-alcohol motifs (C(OH)–C–C–N with tert-alkyl or cyclic N) is 1. The third-order valence-electron chi connectivity index (χ3n) is 6.94. The Balaban J connectivity index is 1.32. The second-order valence-electron chi connectivity index (χ2n) is 9.25. The summed E-state index contributed by atoms with van der Waals surface area (Å²) in [7, 11) is 0. The number of aliphatic hydroxyl groups is 1. The van der Waals surface area contributed by atoms with Crippen LogP contribution in [0.2, 0.25) is 0 Å². The van der Waals surface area contributed by atoms with E-state index in [1.165, 1.54) is 35.9 Å². The van der Waals surface area contributed by atoms with Gasteiger partial charge in [-0.2, -0.15) is 0 Å². The molecule has 170 valence electrons. The van der Waals surface area contributed by atoms with Gasteiger partial charge < -0.3 is 15.4 Å². The average molecular weight is 464 g/mol. The predicted molar refractivity (Wildman–Crippen MR) is 128 cm³/mol. The van der Waals surface area contributed by atoms with Gasteiger partial charge in [-0.05, 0) is 43.5 Å². The van der Waals surface area contributed by atoms with E-state index in [9.17, 15) is 9.50 Å². The summed E-state index contributed by atoms with van der Waals surface area (Å²) in [5, 5.41) is 15.0. The molecule has 2 aliphatic heterocycles. The highest BCUT2D eigenvalue weighted by Crippen LogP contribution is 2.39. The lowest BCUT2D eigenvalue weighted by atomic mass is 9.99. The van der Waals surface area contributed by atoms with E-state index in [1.807, 2.05) is 6.07 Å². The van der Waals surface area contributed by atoms with Gasteiger partial charge in [0.25, 0.3) is 0 Å². The van der Waals surface area contributed by atoms with Crippen LogP contribution in [0.3, 0.4) is 0 Å². The van der Waals surface area contributed by atoms with Crippen molar-refractivity contribution in [3.8, 4) is 21.7 Å². The molecule has 0 spiro atoms. The summed E-state index contributed by atoms with van der Waals surface area (Å²) in [5.41, 5.74) is 3.39. The molecular formula is C25H26FN5OS. The molecule has 3 aromatic heterocycles. The number of rotatable bonds is 5. The van der Waals surface area contributed by atoms with E-state index in [4.69, 9.17) is 0 Å². The number of halogens is 1. The Hall–Kier alpha value is -2.65. The number of pyridine rings is 1. The Bertz CT molecular complexity index is 1310. The third kappa shape index (κ3) is 3.67. The molecule has 0 saturated carbocycles. The number of fused-ring (bicyclic) bond motifs is 1. The Morgan fingerprint density at radius 3 is 2.73 bits per heavy atom. The first-order chi connectivity index (χ1) is 16.0. The fourth-order valence-corrected chi connectivity index (χ4v) is 5.89. The highest BCUT2D eigenvalue weighted by Gasteiger charge is 2.39. The van der Waals surface area contributed by atoms with Crippen molar-refractivity contribution >= 4 is 22.4 Å². The van der Waals surface area contributed by atoms with E-state index in [0.717, 1.165) is 24.3 Å². The topological polar surface area (TPSA) is 77.1 Å². The summed E-state index contributed by atoms with van der Waals surface area (Å²) in [6.45, 7) is 5.37. The molecule has 2 saturated heterocycles. The number of nitrogens with one attached hydrogen (secondary N) is 2. The zero-order valence-electron chi connectivity index (χ0n) is 18.4. The summed E-state index contributed by atoms with van der Waals surface area (Å²) in [5.74, 6) is -0.392. The SMILES string of the molecule is CC1CCCN1Cc1ccc(-c2cc3c(-c4cnc(C5(O)CNC5)s4)c(F)cnc3[nH]2)cc1. The molecule has 0 aliphatic carbocycles. The zero-order valence-corrected chi connectivity index (χ0v) is 19.3. The van der Waals surface area contributed by atoms with Crippen LogP contribution in [0.25, 0.3) is 32.7 Å². The Morgan fingerprint density at radius 2 is 2.03 bits per heavy atom. The lowest BCUT2D eigenvalue weighted by Gasteiger charge is -2.35. The van der Waals surface area contributed by atoms with E-state index in [0.29, 0.717) is 45.6 Å². The lowest BCUT2D eigenvalue weighted by Crippen LogP contribution is -2.56. The van der Waals surface area contributed by atoms with Crippen molar-refractivity contribution in [1.82, 2.24) is 25.2 Å². The predicted octanol–water partition coefficient (Wildman–Crippen LogP) is 4.27. The van der Waals surface area contributed by atoms with Crippen molar-refractivity contribution in [3.63, 3.8) is 0 Å². The van der Waals surface area contributed by atoms with Gasteiger partial charge in [-0.25, -0.2) is 14.4 Å². The summed E-state index contributed by atoms with van der Waals surface area (Å²) in [6.07, 6.45) is 5.44. The molecule has 1 unspecified atom stereocenters. The maximum Gasteiger partial charge on any atom is 0.150 e. The first kappa shape index (κ1) is 20.9. The normalized spacial score (nSPS) is 20.4. The molecule has 3 N–H and O–H groups in total. The molecule has 1 aromatic carbocycles. The van der Waals surface area contributed by atoms with Crippen LogP contribution in [0, 0.1) is 5.82 Å². The minimum absolute atomic E-state index is 0.392. The van der Waals surface area contributed by atoms with Crippen molar-refractivity contribution in [3.05, 3.63) is 59.1 Å². The third-order valence-corrected chi connectivity index (χ3v) is 8.15. The molecule has 0 bridgehead atoms. The van der Waals surface area contributed by atoms with Crippen LogP contribution < -0.4 is 5.32 Å². The molecule has 1 atom stereocenters. The van der Waals surface area contributed by atoms with Crippen LogP contribution in [-0.2, 0) is 12.1 Å². The number of H-pyrrole nitrogens is 1. The first-order valence-electron chi connectivity index (χ1n) is 11.4. The zero-order chi connectivity index (χ0) is 22.6. The standard InChI is InChI=1S/C25H26FN5OS/c1-15-3-2-8-31(15)12-16-4-6-17(7-5-16)20-9-18-22(19(26)10-28-23(18)30-20)21-11-29-24(33-21)25(32)13-27-14-25/h4-7,9-11,15,27,32H,2-3,8,12-14H2,1H3,(H,28,30). The van der Waals surface area contributed by atoms with E-state index < -0.39 is 11.4 Å². The van der Waals surface area contributed by atoms with E-state index >= 15 is 0 Å². The number of hydrogen-bond donors (Lipinski definition) is 3. The smallest absolute Gasteiger partial charge is 0.150 e. The maximum absolute atomic E-state index is 14.9. The minimum Gasteiger partial charge on any atom is -0.380 e. The number of thiazole rings is 1. The molecule has 6 rings (SSSR count). The van der Waals surface area contributed by atoms with Crippen LogP contribution in [0.5, 0.6) is 0 Å². The lowest BCUT2D eigenvalue weighted by molar-refractivity contribution is -0.0148. The van der Waals surface area contributed by atoms with Crippen molar-refractivity contribution in [1.29, 1.82) is 0 Å².